The lowest BCUT2D eigenvalue weighted by Crippen LogP contribution is -2.41. The molecule has 2 aromatic heterocycles. The highest BCUT2D eigenvalue weighted by Crippen LogP contribution is 2.28. The number of rotatable bonds is 4. The highest BCUT2D eigenvalue weighted by atomic mass is 16.4. The van der Waals surface area contributed by atoms with Crippen molar-refractivity contribution in [3.63, 3.8) is 0 Å². The first-order valence-corrected chi connectivity index (χ1v) is 8.23. The Morgan fingerprint density at radius 2 is 2.17 bits per heavy atom. The molecule has 1 saturated heterocycles. The second kappa shape index (κ2) is 7.04. The topological polar surface area (TPSA) is 66.8 Å². The van der Waals surface area contributed by atoms with Gasteiger partial charge < -0.3 is 18.8 Å². The average molecular weight is 317 g/mol. The number of hydrogen-bond donors (Lipinski definition) is 1. The normalized spacial score (nSPS) is 20.3. The van der Waals surface area contributed by atoms with E-state index >= 15 is 0 Å². The van der Waals surface area contributed by atoms with Crippen molar-refractivity contribution in [1.29, 1.82) is 0 Å². The van der Waals surface area contributed by atoms with Crippen molar-refractivity contribution in [1.82, 2.24) is 4.90 Å². The molecule has 2 aromatic rings. The molecular formula is C18H23NO4. The van der Waals surface area contributed by atoms with Gasteiger partial charge >= 0.3 is 0 Å². The molecule has 1 aliphatic rings. The summed E-state index contributed by atoms with van der Waals surface area (Å²) in [7, 11) is 0. The smallest absolute Gasteiger partial charge is 0.290 e. The minimum Gasteiger partial charge on any atom is -0.467 e. The number of aryl methyl sites for hydroxylation is 1. The highest BCUT2D eigenvalue weighted by molar-refractivity contribution is 5.93. The number of carbonyl (C=O) groups is 1. The molecule has 1 amide bonds. The molecule has 0 bridgehead atoms. The summed E-state index contributed by atoms with van der Waals surface area (Å²) < 4.78 is 10.7. The van der Waals surface area contributed by atoms with E-state index in [1.165, 1.54) is 0 Å². The maximum atomic E-state index is 12.8. The van der Waals surface area contributed by atoms with Gasteiger partial charge in [0.1, 0.15) is 11.9 Å². The van der Waals surface area contributed by atoms with E-state index in [9.17, 15) is 9.90 Å². The van der Waals surface area contributed by atoms with Crippen LogP contribution in [0.15, 0.2) is 39.6 Å². The van der Waals surface area contributed by atoms with E-state index in [0.717, 1.165) is 31.2 Å². The number of aliphatic hydroxyl groups excluding tert-OH is 1. The molecule has 3 rings (SSSR count). The Morgan fingerprint density at radius 3 is 2.87 bits per heavy atom. The van der Waals surface area contributed by atoms with Crippen molar-refractivity contribution < 1.29 is 18.7 Å². The molecule has 124 valence electrons. The van der Waals surface area contributed by atoms with Crippen LogP contribution in [-0.2, 0) is 0 Å². The van der Waals surface area contributed by atoms with Crippen LogP contribution in [0.2, 0.25) is 0 Å². The third-order valence-corrected chi connectivity index (χ3v) is 4.56. The minimum atomic E-state index is -0.693. The van der Waals surface area contributed by atoms with Crippen molar-refractivity contribution in [2.45, 2.75) is 51.2 Å². The second-order valence-corrected chi connectivity index (χ2v) is 6.20. The van der Waals surface area contributed by atoms with E-state index in [2.05, 4.69) is 0 Å². The van der Waals surface area contributed by atoms with Gasteiger partial charge in [-0.1, -0.05) is 12.8 Å². The van der Waals surface area contributed by atoms with Crippen molar-refractivity contribution in [3.05, 3.63) is 47.8 Å². The second-order valence-electron chi connectivity index (χ2n) is 6.20. The monoisotopic (exact) mass is 317 g/mol. The van der Waals surface area contributed by atoms with Crippen molar-refractivity contribution in [3.8, 4) is 0 Å². The van der Waals surface area contributed by atoms with Gasteiger partial charge in [-0.2, -0.15) is 0 Å². The average Bonchev–Trinajstić information content (AvgIpc) is 3.16. The molecule has 1 aliphatic heterocycles. The van der Waals surface area contributed by atoms with Gasteiger partial charge in [0, 0.05) is 24.6 Å². The Balaban J connectivity index is 1.77. The third kappa shape index (κ3) is 3.50. The lowest BCUT2D eigenvalue weighted by molar-refractivity contribution is 0.0528. The fraction of sp³-hybridized carbons (Fsp3) is 0.500. The maximum absolute atomic E-state index is 12.8. The van der Waals surface area contributed by atoms with Crippen molar-refractivity contribution >= 4 is 5.91 Å². The fourth-order valence-corrected chi connectivity index (χ4v) is 3.27. The van der Waals surface area contributed by atoms with E-state index in [0.29, 0.717) is 24.5 Å². The van der Waals surface area contributed by atoms with Gasteiger partial charge in [0.25, 0.3) is 5.91 Å². The van der Waals surface area contributed by atoms with Gasteiger partial charge in [0.2, 0.25) is 0 Å². The molecule has 0 aromatic carbocycles. The summed E-state index contributed by atoms with van der Waals surface area (Å²) in [4.78, 5) is 14.7. The quantitative estimate of drug-likeness (QED) is 0.934. The third-order valence-electron chi connectivity index (χ3n) is 4.56. The van der Waals surface area contributed by atoms with E-state index < -0.39 is 6.10 Å². The molecule has 1 fully saturated rings. The number of nitrogens with zero attached hydrogens (tertiary/aromatic N) is 1. The van der Waals surface area contributed by atoms with Gasteiger partial charge in [-0.25, -0.2) is 0 Å². The molecule has 0 spiro atoms. The Labute approximate surface area is 135 Å². The zero-order valence-electron chi connectivity index (χ0n) is 13.4. The summed E-state index contributed by atoms with van der Waals surface area (Å²) in [6, 6.07) is 5.33. The first kappa shape index (κ1) is 15.9. The maximum Gasteiger partial charge on any atom is 0.290 e. The largest absolute Gasteiger partial charge is 0.467 e. The lowest BCUT2D eigenvalue weighted by atomic mass is 10.0. The first-order valence-electron chi connectivity index (χ1n) is 8.23. The predicted octanol–water partition coefficient (Wildman–Crippen LogP) is 3.69. The number of amides is 1. The molecule has 2 atom stereocenters. The van der Waals surface area contributed by atoms with Crippen LogP contribution in [0, 0.1) is 6.92 Å². The molecule has 5 heteroatoms. The highest BCUT2D eigenvalue weighted by Gasteiger charge is 2.31. The van der Waals surface area contributed by atoms with Crippen LogP contribution in [0.5, 0.6) is 0 Å². The predicted molar refractivity (Wildman–Crippen MR) is 85.0 cm³/mol. The molecule has 5 nitrogen and oxygen atoms in total. The Hall–Kier alpha value is -2.01. The zero-order valence-corrected chi connectivity index (χ0v) is 13.4. The van der Waals surface area contributed by atoms with Crippen molar-refractivity contribution in [2.75, 3.05) is 6.54 Å². The molecule has 0 aliphatic carbocycles. The fourth-order valence-electron chi connectivity index (χ4n) is 3.27. The summed E-state index contributed by atoms with van der Waals surface area (Å²) in [6.45, 7) is 2.58. The van der Waals surface area contributed by atoms with Crippen LogP contribution in [0.4, 0.5) is 0 Å². The van der Waals surface area contributed by atoms with E-state index in [-0.39, 0.29) is 11.9 Å². The summed E-state index contributed by atoms with van der Waals surface area (Å²) >= 11 is 0. The molecule has 0 unspecified atom stereocenters. The summed E-state index contributed by atoms with van der Waals surface area (Å²) in [5.41, 5.74) is 0.851. The van der Waals surface area contributed by atoms with Gasteiger partial charge in [0.15, 0.2) is 5.76 Å². The molecule has 0 saturated carbocycles. The van der Waals surface area contributed by atoms with Crippen LogP contribution in [-0.4, -0.2) is 28.5 Å². The molecule has 0 radical (unpaired) electrons. The van der Waals surface area contributed by atoms with Gasteiger partial charge in [-0.3, -0.25) is 4.79 Å². The van der Waals surface area contributed by atoms with Crippen molar-refractivity contribution in [2.24, 2.45) is 0 Å². The van der Waals surface area contributed by atoms with E-state index in [1.807, 2.05) is 11.8 Å². The zero-order chi connectivity index (χ0) is 16.2. The van der Waals surface area contributed by atoms with Crippen LogP contribution in [0.1, 0.15) is 60.1 Å². The Bertz CT molecular complexity index is 631. The SMILES string of the molecule is Cc1ccoc1C(=O)N1CCCCC[C@H]1C[C@H](O)c1ccco1. The minimum absolute atomic E-state index is 0.00500. The number of likely N-dealkylation sites (tertiary alicyclic amines) is 1. The standard InChI is InChI=1S/C18H23NO4/c1-13-8-11-23-17(13)18(21)19-9-4-2-3-6-14(19)12-15(20)16-7-5-10-22-16/h5,7-8,10-11,14-15,20H,2-4,6,9,12H2,1H3/t14-,15-/m0/s1. The van der Waals surface area contributed by atoms with Crippen LogP contribution in [0.3, 0.4) is 0 Å². The van der Waals surface area contributed by atoms with Crippen LogP contribution < -0.4 is 0 Å². The number of hydrogen-bond acceptors (Lipinski definition) is 4. The van der Waals surface area contributed by atoms with Crippen LogP contribution >= 0.6 is 0 Å². The Kier molecular flexibility index (Phi) is 4.86. The molecule has 1 N–H and O–H groups in total. The molecule has 3 heterocycles. The summed E-state index contributed by atoms with van der Waals surface area (Å²) in [5.74, 6) is 0.881. The van der Waals surface area contributed by atoms with Crippen LogP contribution in [0.25, 0.3) is 0 Å². The van der Waals surface area contributed by atoms with E-state index in [4.69, 9.17) is 8.83 Å². The number of aliphatic hydroxyl groups is 1. The summed E-state index contributed by atoms with van der Waals surface area (Å²) in [6.07, 6.45) is 6.95. The van der Waals surface area contributed by atoms with Gasteiger partial charge in [-0.15, -0.1) is 0 Å². The number of carbonyl (C=O) groups excluding carboxylic acids is 1. The number of furan rings is 2. The molecule has 23 heavy (non-hydrogen) atoms. The summed E-state index contributed by atoms with van der Waals surface area (Å²) in [5, 5.41) is 10.4. The first-order chi connectivity index (χ1) is 11.2. The van der Waals surface area contributed by atoms with E-state index in [1.54, 1.807) is 30.7 Å². The van der Waals surface area contributed by atoms with Gasteiger partial charge in [-0.05, 0) is 38.0 Å². The van der Waals surface area contributed by atoms with Gasteiger partial charge in [0.05, 0.1) is 12.5 Å². The lowest BCUT2D eigenvalue weighted by Gasteiger charge is -2.30. The molecular weight excluding hydrogens is 294 g/mol. The Morgan fingerprint density at radius 1 is 1.30 bits per heavy atom.